The Morgan fingerprint density at radius 2 is 1.82 bits per heavy atom. The van der Waals surface area contributed by atoms with E-state index in [0.29, 0.717) is 0 Å². The molecule has 0 saturated heterocycles. The van der Waals surface area contributed by atoms with Gasteiger partial charge in [0.05, 0.1) is 0 Å². The van der Waals surface area contributed by atoms with Gasteiger partial charge < -0.3 is 0 Å². The lowest BCUT2D eigenvalue weighted by atomic mass is 10.1. The van der Waals surface area contributed by atoms with Gasteiger partial charge in [-0.3, -0.25) is 4.98 Å². The van der Waals surface area contributed by atoms with Crippen LogP contribution in [0.5, 0.6) is 0 Å². The van der Waals surface area contributed by atoms with E-state index in [9.17, 15) is 0 Å². The van der Waals surface area contributed by atoms with Crippen molar-refractivity contribution in [3.8, 4) is 0 Å². The molecule has 2 aromatic rings. The number of thiophene rings is 1. The molecule has 17 heavy (non-hydrogen) atoms. The summed E-state index contributed by atoms with van der Waals surface area (Å²) in [6.45, 7) is 4.00. The predicted octanol–water partition coefficient (Wildman–Crippen LogP) is 5.01. The van der Waals surface area contributed by atoms with Crippen molar-refractivity contribution < 1.29 is 0 Å². The van der Waals surface area contributed by atoms with Crippen LogP contribution < -0.4 is 0 Å². The highest BCUT2D eigenvalue weighted by atomic mass is 127. The van der Waals surface area contributed by atoms with Crippen LogP contribution in [0, 0.1) is 0 Å². The zero-order chi connectivity index (χ0) is 12.9. The fourth-order valence-electron chi connectivity index (χ4n) is 1.27. The molecule has 0 radical (unpaired) electrons. The second-order valence-electron chi connectivity index (χ2n) is 2.99. The third kappa shape index (κ3) is 7.49. The Morgan fingerprint density at radius 1 is 1.12 bits per heavy atom. The molecule has 94 valence electrons. The molecule has 0 fully saturated rings. The molecule has 1 nitrogen and oxygen atoms in total. The van der Waals surface area contributed by atoms with Gasteiger partial charge in [0.15, 0.2) is 0 Å². The molecule has 2 rings (SSSR count). The van der Waals surface area contributed by atoms with Crippen molar-refractivity contribution in [1.82, 2.24) is 4.98 Å². The second kappa shape index (κ2) is 12.0. The first kappa shape index (κ1) is 16.6. The summed E-state index contributed by atoms with van der Waals surface area (Å²) in [5.74, 6) is 0. The molecule has 0 saturated carbocycles. The summed E-state index contributed by atoms with van der Waals surface area (Å²) >= 11 is 3.91. The summed E-state index contributed by atoms with van der Waals surface area (Å²) < 4.78 is 0. The van der Waals surface area contributed by atoms with E-state index in [1.807, 2.05) is 37.2 Å². The van der Waals surface area contributed by atoms with Crippen LogP contribution in [-0.2, 0) is 12.8 Å². The maximum Gasteiger partial charge on any atom is 0.0299 e. The summed E-state index contributed by atoms with van der Waals surface area (Å²) in [7, 11) is 0. The van der Waals surface area contributed by atoms with Gasteiger partial charge in [-0.15, -0.1) is 0 Å². The molecule has 0 bridgehead atoms. The molecule has 0 aliphatic carbocycles. The largest absolute Gasteiger partial charge is 0.264 e. The molecule has 0 N–H and O–H groups in total. The lowest BCUT2D eigenvalue weighted by molar-refractivity contribution is 0.955. The molecule has 2 heterocycles. The Hall–Kier alpha value is -0.420. The maximum absolute atomic E-state index is 4.09. The summed E-state index contributed by atoms with van der Waals surface area (Å²) in [5.41, 5.74) is 2.74. The molecule has 2 aromatic heterocycles. The molecule has 3 heteroatoms. The van der Waals surface area contributed by atoms with Gasteiger partial charge in [-0.2, -0.15) is 11.3 Å². The molecule has 0 amide bonds. The topological polar surface area (TPSA) is 12.9 Å². The van der Waals surface area contributed by atoms with Crippen LogP contribution in [0.3, 0.4) is 0 Å². The Morgan fingerprint density at radius 3 is 2.35 bits per heavy atom. The summed E-state index contributed by atoms with van der Waals surface area (Å²) in [6, 6.07) is 6.29. The normalized spacial score (nSPS) is 8.47. The molecule has 0 aliphatic rings. The van der Waals surface area contributed by atoms with Crippen molar-refractivity contribution in [3.63, 3.8) is 0 Å². The van der Waals surface area contributed by atoms with Crippen LogP contribution in [0.15, 0.2) is 41.4 Å². The molecule has 0 unspecified atom stereocenters. The minimum Gasteiger partial charge on any atom is -0.264 e. The van der Waals surface area contributed by atoms with Crippen LogP contribution in [-0.4, -0.2) is 9.91 Å². The standard InChI is InChI=1S/C11H11NS.C2H6.CH3I/c1-2-10(8-12-6-1)3-4-11-5-7-13-9-11;2*1-2/h1-2,5-9H,3-4H2;1-2H3;1H3. The first-order chi connectivity index (χ1) is 8.45. The Labute approximate surface area is 122 Å². The highest BCUT2D eigenvalue weighted by molar-refractivity contribution is 14.1. The first-order valence-corrected chi connectivity index (χ1v) is 8.83. The SMILES string of the molecule is CC.CI.c1cncc(CCc2ccsc2)c1. The van der Waals surface area contributed by atoms with E-state index < -0.39 is 0 Å². The lowest BCUT2D eigenvalue weighted by Crippen LogP contribution is -1.89. The van der Waals surface area contributed by atoms with Crippen molar-refractivity contribution in [2.24, 2.45) is 0 Å². The number of hydrogen-bond acceptors (Lipinski definition) is 2. The molecule has 0 aromatic carbocycles. The van der Waals surface area contributed by atoms with Crippen molar-refractivity contribution in [2.45, 2.75) is 26.7 Å². The third-order valence-corrected chi connectivity index (χ3v) is 2.74. The van der Waals surface area contributed by atoms with Crippen LogP contribution in [0.2, 0.25) is 0 Å². The van der Waals surface area contributed by atoms with E-state index in [1.165, 1.54) is 11.1 Å². The monoisotopic (exact) mass is 361 g/mol. The average Bonchev–Trinajstić information content (AvgIpc) is 2.95. The Bertz CT molecular complexity index is 346. The van der Waals surface area contributed by atoms with E-state index in [4.69, 9.17) is 0 Å². The lowest BCUT2D eigenvalue weighted by Gasteiger charge is -1.97. The number of halogens is 1. The highest BCUT2D eigenvalue weighted by Crippen LogP contribution is 2.09. The number of alkyl halides is 1. The first-order valence-electron chi connectivity index (χ1n) is 5.73. The van der Waals surface area contributed by atoms with Crippen molar-refractivity contribution >= 4 is 33.9 Å². The van der Waals surface area contributed by atoms with E-state index in [1.54, 1.807) is 11.3 Å². The van der Waals surface area contributed by atoms with Crippen molar-refractivity contribution in [2.75, 3.05) is 4.93 Å². The van der Waals surface area contributed by atoms with Gasteiger partial charge in [-0.25, -0.2) is 0 Å². The minimum absolute atomic E-state index is 1.09. The number of pyridine rings is 1. The van der Waals surface area contributed by atoms with Gasteiger partial charge in [-0.1, -0.05) is 42.5 Å². The van der Waals surface area contributed by atoms with Crippen LogP contribution in [0.25, 0.3) is 0 Å². The quantitative estimate of drug-likeness (QED) is 0.553. The number of nitrogens with zero attached hydrogens (tertiary/aromatic N) is 1. The zero-order valence-corrected chi connectivity index (χ0v) is 13.7. The van der Waals surface area contributed by atoms with Gasteiger partial charge in [0.25, 0.3) is 0 Å². The van der Waals surface area contributed by atoms with Gasteiger partial charge in [0.2, 0.25) is 0 Å². The third-order valence-electron chi connectivity index (χ3n) is 2.01. The average molecular weight is 361 g/mol. The van der Waals surface area contributed by atoms with E-state index in [2.05, 4.69) is 50.5 Å². The summed E-state index contributed by atoms with van der Waals surface area (Å²) in [5, 5.41) is 4.33. The maximum atomic E-state index is 4.09. The Kier molecular flexibility index (Phi) is 11.8. The van der Waals surface area contributed by atoms with Gasteiger partial charge in [0.1, 0.15) is 0 Å². The van der Waals surface area contributed by atoms with Gasteiger partial charge >= 0.3 is 0 Å². The fourth-order valence-corrected chi connectivity index (χ4v) is 1.97. The number of rotatable bonds is 3. The smallest absolute Gasteiger partial charge is 0.0299 e. The van der Waals surface area contributed by atoms with Crippen molar-refractivity contribution in [3.05, 3.63) is 52.5 Å². The second-order valence-corrected chi connectivity index (χ2v) is 3.77. The molecule has 0 aliphatic heterocycles. The number of hydrogen-bond donors (Lipinski definition) is 0. The van der Waals surface area contributed by atoms with E-state index in [-0.39, 0.29) is 0 Å². The Balaban J connectivity index is 0.000000581. The van der Waals surface area contributed by atoms with Gasteiger partial charge in [0, 0.05) is 12.4 Å². The van der Waals surface area contributed by atoms with Crippen LogP contribution in [0.4, 0.5) is 0 Å². The number of aromatic nitrogens is 1. The van der Waals surface area contributed by atoms with E-state index >= 15 is 0 Å². The number of aryl methyl sites for hydroxylation is 2. The van der Waals surface area contributed by atoms with E-state index in [0.717, 1.165) is 12.8 Å². The van der Waals surface area contributed by atoms with Crippen LogP contribution in [0.1, 0.15) is 25.0 Å². The fraction of sp³-hybridized carbons (Fsp3) is 0.357. The zero-order valence-electron chi connectivity index (χ0n) is 10.7. The predicted molar refractivity (Wildman–Crippen MR) is 87.3 cm³/mol. The molecular formula is C14H20INS. The molecular weight excluding hydrogens is 341 g/mol. The minimum atomic E-state index is 1.09. The van der Waals surface area contributed by atoms with Crippen LogP contribution >= 0.6 is 33.9 Å². The molecule has 0 atom stereocenters. The molecule has 0 spiro atoms. The highest BCUT2D eigenvalue weighted by Gasteiger charge is 1.94. The summed E-state index contributed by atoms with van der Waals surface area (Å²) in [6.07, 6.45) is 5.96. The summed E-state index contributed by atoms with van der Waals surface area (Å²) in [4.78, 5) is 6.06. The van der Waals surface area contributed by atoms with Crippen molar-refractivity contribution in [1.29, 1.82) is 0 Å². The van der Waals surface area contributed by atoms with Gasteiger partial charge in [-0.05, 0) is 51.8 Å².